The Balaban J connectivity index is 1.50. The van der Waals surface area contributed by atoms with Gasteiger partial charge in [-0.2, -0.15) is 5.10 Å². The van der Waals surface area contributed by atoms with Gasteiger partial charge in [-0.25, -0.2) is 0 Å². The SMILES string of the molecule is CC(=O)Nc1ccc2[nH]nc(NC(=O)Cc3ccc4c(c3)OCCO4)c2c1. The molecule has 0 saturated carbocycles. The summed E-state index contributed by atoms with van der Waals surface area (Å²) < 4.78 is 11.0. The van der Waals surface area contributed by atoms with Crippen molar-refractivity contribution >= 4 is 34.2 Å². The lowest BCUT2D eigenvalue weighted by Gasteiger charge is -2.18. The number of aromatic nitrogens is 2. The molecular weight excluding hydrogens is 348 g/mol. The van der Waals surface area contributed by atoms with Crippen LogP contribution in [0.2, 0.25) is 0 Å². The molecular formula is C19H18N4O4. The number of fused-ring (bicyclic) bond motifs is 2. The van der Waals surface area contributed by atoms with Crippen molar-refractivity contribution in [3.8, 4) is 11.5 Å². The molecule has 1 aliphatic rings. The van der Waals surface area contributed by atoms with E-state index in [1.54, 1.807) is 24.3 Å². The van der Waals surface area contributed by atoms with Gasteiger partial charge in [0.25, 0.3) is 0 Å². The van der Waals surface area contributed by atoms with Crippen LogP contribution in [0.1, 0.15) is 12.5 Å². The molecule has 1 aliphatic heterocycles. The zero-order valence-corrected chi connectivity index (χ0v) is 14.7. The summed E-state index contributed by atoms with van der Waals surface area (Å²) in [6, 6.07) is 10.8. The molecule has 3 N–H and O–H groups in total. The Morgan fingerprint density at radius 2 is 1.89 bits per heavy atom. The fraction of sp³-hybridized carbons (Fsp3) is 0.211. The summed E-state index contributed by atoms with van der Waals surface area (Å²) in [6.07, 6.45) is 0.177. The Labute approximate surface area is 154 Å². The molecule has 0 bridgehead atoms. The monoisotopic (exact) mass is 366 g/mol. The fourth-order valence-corrected chi connectivity index (χ4v) is 2.95. The van der Waals surface area contributed by atoms with Crippen LogP contribution in [-0.2, 0) is 16.0 Å². The van der Waals surface area contributed by atoms with Crippen LogP contribution in [0.25, 0.3) is 10.9 Å². The van der Waals surface area contributed by atoms with E-state index in [-0.39, 0.29) is 18.2 Å². The molecule has 0 spiro atoms. The van der Waals surface area contributed by atoms with Gasteiger partial charge in [0, 0.05) is 18.0 Å². The lowest BCUT2D eigenvalue weighted by atomic mass is 10.1. The predicted octanol–water partition coefficient (Wildman–Crippen LogP) is 2.47. The molecule has 0 aliphatic carbocycles. The minimum atomic E-state index is -0.204. The van der Waals surface area contributed by atoms with Gasteiger partial charge in [-0.05, 0) is 35.9 Å². The highest BCUT2D eigenvalue weighted by Crippen LogP contribution is 2.31. The second-order valence-corrected chi connectivity index (χ2v) is 6.22. The molecule has 2 heterocycles. The molecule has 0 unspecified atom stereocenters. The summed E-state index contributed by atoms with van der Waals surface area (Å²) in [5.74, 6) is 1.39. The third kappa shape index (κ3) is 3.69. The molecule has 0 saturated heterocycles. The van der Waals surface area contributed by atoms with E-state index in [9.17, 15) is 9.59 Å². The molecule has 27 heavy (non-hydrogen) atoms. The van der Waals surface area contributed by atoms with Gasteiger partial charge in [-0.3, -0.25) is 14.7 Å². The number of aromatic amines is 1. The van der Waals surface area contributed by atoms with Crippen molar-refractivity contribution in [2.24, 2.45) is 0 Å². The van der Waals surface area contributed by atoms with E-state index in [1.807, 2.05) is 12.1 Å². The molecule has 0 atom stereocenters. The number of hydrogen-bond acceptors (Lipinski definition) is 5. The van der Waals surface area contributed by atoms with Crippen LogP contribution < -0.4 is 20.1 Å². The first kappa shape index (κ1) is 16.9. The number of H-pyrrole nitrogens is 1. The number of carbonyl (C=O) groups excluding carboxylic acids is 2. The molecule has 2 aromatic carbocycles. The summed E-state index contributed by atoms with van der Waals surface area (Å²) in [5.41, 5.74) is 2.22. The largest absolute Gasteiger partial charge is 0.486 e. The highest BCUT2D eigenvalue weighted by Gasteiger charge is 2.15. The van der Waals surface area contributed by atoms with Gasteiger partial charge in [-0.1, -0.05) is 6.07 Å². The molecule has 2 amide bonds. The van der Waals surface area contributed by atoms with E-state index in [1.165, 1.54) is 6.92 Å². The van der Waals surface area contributed by atoms with Crippen molar-refractivity contribution in [2.75, 3.05) is 23.8 Å². The summed E-state index contributed by atoms with van der Waals surface area (Å²) >= 11 is 0. The smallest absolute Gasteiger partial charge is 0.230 e. The Hall–Kier alpha value is -3.55. The number of rotatable bonds is 4. The van der Waals surface area contributed by atoms with Gasteiger partial charge >= 0.3 is 0 Å². The number of hydrogen-bond donors (Lipinski definition) is 3. The predicted molar refractivity (Wildman–Crippen MR) is 100 cm³/mol. The minimum Gasteiger partial charge on any atom is -0.486 e. The first-order chi connectivity index (χ1) is 13.1. The normalized spacial score (nSPS) is 12.6. The maximum atomic E-state index is 12.4. The van der Waals surface area contributed by atoms with Crippen LogP contribution in [0.3, 0.4) is 0 Å². The minimum absolute atomic E-state index is 0.165. The van der Waals surface area contributed by atoms with Crippen molar-refractivity contribution in [3.05, 3.63) is 42.0 Å². The van der Waals surface area contributed by atoms with Crippen LogP contribution in [0, 0.1) is 0 Å². The van der Waals surface area contributed by atoms with Gasteiger partial charge in [-0.15, -0.1) is 0 Å². The number of amides is 2. The fourth-order valence-electron chi connectivity index (χ4n) is 2.95. The van der Waals surface area contributed by atoms with E-state index in [0.717, 1.165) is 16.5 Å². The van der Waals surface area contributed by atoms with Gasteiger partial charge in [0.1, 0.15) is 13.2 Å². The molecule has 8 heteroatoms. The molecule has 138 valence electrons. The first-order valence-electron chi connectivity index (χ1n) is 8.52. The van der Waals surface area contributed by atoms with Crippen molar-refractivity contribution in [1.29, 1.82) is 0 Å². The first-order valence-corrected chi connectivity index (χ1v) is 8.52. The van der Waals surface area contributed by atoms with Crippen LogP contribution in [0.15, 0.2) is 36.4 Å². The van der Waals surface area contributed by atoms with Crippen LogP contribution in [-0.4, -0.2) is 35.2 Å². The summed E-state index contributed by atoms with van der Waals surface area (Å²) in [4.78, 5) is 23.7. The maximum Gasteiger partial charge on any atom is 0.230 e. The summed E-state index contributed by atoms with van der Waals surface area (Å²) in [6.45, 7) is 2.47. The second-order valence-electron chi connectivity index (χ2n) is 6.22. The molecule has 4 rings (SSSR count). The Kier molecular flexibility index (Phi) is 4.37. The maximum absolute atomic E-state index is 12.4. The lowest BCUT2D eigenvalue weighted by molar-refractivity contribution is -0.116. The molecule has 1 aromatic heterocycles. The average molecular weight is 366 g/mol. The Morgan fingerprint density at radius 3 is 2.70 bits per heavy atom. The van der Waals surface area contributed by atoms with E-state index >= 15 is 0 Å². The van der Waals surface area contributed by atoms with Crippen molar-refractivity contribution in [1.82, 2.24) is 10.2 Å². The topological polar surface area (TPSA) is 105 Å². The quantitative estimate of drug-likeness (QED) is 0.658. The van der Waals surface area contributed by atoms with E-state index < -0.39 is 0 Å². The number of ether oxygens (including phenoxy) is 2. The average Bonchev–Trinajstić information content (AvgIpc) is 3.03. The van der Waals surface area contributed by atoms with Gasteiger partial charge < -0.3 is 20.1 Å². The summed E-state index contributed by atoms with van der Waals surface area (Å²) in [7, 11) is 0. The highest BCUT2D eigenvalue weighted by atomic mass is 16.6. The third-order valence-electron chi connectivity index (χ3n) is 4.11. The van der Waals surface area contributed by atoms with Crippen LogP contribution in [0.5, 0.6) is 11.5 Å². The number of carbonyl (C=O) groups is 2. The second kappa shape index (κ2) is 6.99. The highest BCUT2D eigenvalue weighted by molar-refractivity contribution is 6.02. The number of nitrogens with zero attached hydrogens (tertiary/aromatic N) is 1. The van der Waals surface area contributed by atoms with Crippen molar-refractivity contribution in [3.63, 3.8) is 0 Å². The van der Waals surface area contributed by atoms with Crippen LogP contribution >= 0.6 is 0 Å². The van der Waals surface area contributed by atoms with Crippen LogP contribution in [0.4, 0.5) is 11.5 Å². The summed E-state index contributed by atoms with van der Waals surface area (Å²) in [5, 5.41) is 13.3. The number of benzene rings is 2. The van der Waals surface area contributed by atoms with Crippen molar-refractivity contribution < 1.29 is 19.1 Å². The van der Waals surface area contributed by atoms with E-state index in [4.69, 9.17) is 9.47 Å². The van der Waals surface area contributed by atoms with E-state index in [2.05, 4.69) is 20.8 Å². The Bertz CT molecular complexity index is 1030. The zero-order valence-electron chi connectivity index (χ0n) is 14.7. The number of nitrogens with one attached hydrogen (secondary N) is 3. The van der Waals surface area contributed by atoms with Crippen molar-refractivity contribution in [2.45, 2.75) is 13.3 Å². The zero-order chi connectivity index (χ0) is 18.8. The molecule has 8 nitrogen and oxygen atoms in total. The standard InChI is InChI=1S/C19H18N4O4/c1-11(24)20-13-3-4-15-14(10-13)19(23-22-15)21-18(25)9-12-2-5-16-17(8-12)27-7-6-26-16/h2-5,8,10H,6-7,9H2,1H3,(H,20,24)(H2,21,22,23,25). The number of anilines is 2. The lowest BCUT2D eigenvalue weighted by Crippen LogP contribution is -2.17. The van der Waals surface area contributed by atoms with Gasteiger partial charge in [0.15, 0.2) is 17.3 Å². The van der Waals surface area contributed by atoms with E-state index in [0.29, 0.717) is 36.2 Å². The van der Waals surface area contributed by atoms with Gasteiger partial charge in [0.05, 0.1) is 11.9 Å². The third-order valence-corrected chi connectivity index (χ3v) is 4.11. The molecule has 3 aromatic rings. The van der Waals surface area contributed by atoms with Gasteiger partial charge in [0.2, 0.25) is 11.8 Å². The Morgan fingerprint density at radius 1 is 1.07 bits per heavy atom. The molecule has 0 fully saturated rings. The molecule has 0 radical (unpaired) electrons.